The largest absolute Gasteiger partial charge is 0.320 e. The maximum absolute atomic E-state index is 12.7. The normalized spacial score (nSPS) is 10.7. The number of halogens is 1. The first-order valence-corrected chi connectivity index (χ1v) is 8.55. The predicted octanol–water partition coefficient (Wildman–Crippen LogP) is 4.43. The molecule has 0 radical (unpaired) electrons. The Morgan fingerprint density at radius 2 is 1.88 bits per heavy atom. The van der Waals surface area contributed by atoms with Crippen LogP contribution in [0.2, 0.25) is 5.02 Å². The first-order chi connectivity index (χ1) is 12.1. The van der Waals surface area contributed by atoms with Crippen LogP contribution in [0.25, 0.3) is 5.69 Å². The number of para-hydroxylation sites is 1. The lowest BCUT2D eigenvalue weighted by Crippen LogP contribution is -2.16. The van der Waals surface area contributed by atoms with E-state index in [-0.39, 0.29) is 5.91 Å². The summed E-state index contributed by atoms with van der Waals surface area (Å²) in [5.41, 5.74) is 3.74. The number of amides is 1. The van der Waals surface area contributed by atoms with Gasteiger partial charge in [0.05, 0.1) is 11.4 Å². The van der Waals surface area contributed by atoms with Gasteiger partial charge in [0.2, 0.25) is 0 Å². The average Bonchev–Trinajstić information content (AvgIpc) is 3.02. The van der Waals surface area contributed by atoms with Crippen molar-refractivity contribution >= 4 is 23.2 Å². The number of anilines is 1. The number of aryl methyl sites for hydroxylation is 1. The third-order valence-corrected chi connectivity index (χ3v) is 4.18. The number of hydrogen-bond donors (Lipinski definition) is 1. The summed E-state index contributed by atoms with van der Waals surface area (Å²) in [4.78, 5) is 12.7. The number of nitrogens with one attached hydrogen (secondary N) is 1. The molecule has 0 bridgehead atoms. The molecular formula is C19H19ClN4O. The molecule has 0 unspecified atom stereocenters. The number of carbonyl (C=O) groups excluding carboxylic acids is 1. The van der Waals surface area contributed by atoms with Crippen molar-refractivity contribution in [3.63, 3.8) is 0 Å². The van der Waals surface area contributed by atoms with E-state index < -0.39 is 0 Å². The van der Waals surface area contributed by atoms with Gasteiger partial charge in [-0.2, -0.15) is 0 Å². The van der Waals surface area contributed by atoms with E-state index >= 15 is 0 Å². The Hall–Kier alpha value is -2.66. The van der Waals surface area contributed by atoms with Gasteiger partial charge in [-0.3, -0.25) is 4.79 Å². The van der Waals surface area contributed by atoms with Crippen molar-refractivity contribution in [2.45, 2.75) is 26.7 Å². The van der Waals surface area contributed by atoms with Gasteiger partial charge in [0.25, 0.3) is 5.91 Å². The third-order valence-electron chi connectivity index (χ3n) is 3.93. The molecule has 1 N–H and O–H groups in total. The Kier molecular flexibility index (Phi) is 5.14. The fourth-order valence-corrected chi connectivity index (χ4v) is 2.75. The zero-order valence-electron chi connectivity index (χ0n) is 14.2. The zero-order chi connectivity index (χ0) is 17.8. The number of aromatic nitrogens is 3. The van der Waals surface area contributed by atoms with Gasteiger partial charge in [-0.1, -0.05) is 48.4 Å². The highest BCUT2D eigenvalue weighted by molar-refractivity contribution is 6.30. The quantitative estimate of drug-likeness (QED) is 0.737. The van der Waals surface area contributed by atoms with E-state index in [1.165, 1.54) is 0 Å². The van der Waals surface area contributed by atoms with Crippen LogP contribution in [0.15, 0.2) is 48.5 Å². The lowest BCUT2D eigenvalue weighted by Gasteiger charge is -2.09. The number of rotatable bonds is 5. The lowest BCUT2D eigenvalue weighted by molar-refractivity contribution is 0.102. The summed E-state index contributed by atoms with van der Waals surface area (Å²) >= 11 is 5.95. The van der Waals surface area contributed by atoms with Crippen molar-refractivity contribution < 1.29 is 4.79 Å². The standard InChI is InChI=1S/C19H19ClN4O/c1-3-6-17-18(19(25)21-16-8-5-4-7-13(16)2)22-23-24(17)15-11-9-14(20)10-12-15/h4-5,7-12H,3,6H2,1-2H3,(H,21,25). The summed E-state index contributed by atoms with van der Waals surface area (Å²) in [6.45, 7) is 4.01. The van der Waals surface area contributed by atoms with E-state index in [0.29, 0.717) is 17.1 Å². The second kappa shape index (κ2) is 7.49. The van der Waals surface area contributed by atoms with Crippen molar-refractivity contribution in [1.29, 1.82) is 0 Å². The van der Waals surface area contributed by atoms with Crippen LogP contribution < -0.4 is 5.32 Å². The van der Waals surface area contributed by atoms with Gasteiger partial charge in [0, 0.05) is 10.7 Å². The molecule has 128 valence electrons. The van der Waals surface area contributed by atoms with Gasteiger partial charge >= 0.3 is 0 Å². The summed E-state index contributed by atoms with van der Waals surface area (Å²) in [5, 5.41) is 11.9. The summed E-state index contributed by atoms with van der Waals surface area (Å²) in [5.74, 6) is -0.252. The minimum atomic E-state index is -0.252. The van der Waals surface area contributed by atoms with E-state index in [2.05, 4.69) is 22.6 Å². The second-order valence-electron chi connectivity index (χ2n) is 5.79. The van der Waals surface area contributed by atoms with Crippen LogP contribution in [0.3, 0.4) is 0 Å². The Labute approximate surface area is 151 Å². The van der Waals surface area contributed by atoms with Crippen molar-refractivity contribution in [2.75, 3.05) is 5.32 Å². The van der Waals surface area contributed by atoms with E-state index in [0.717, 1.165) is 29.1 Å². The van der Waals surface area contributed by atoms with Gasteiger partial charge in [-0.05, 0) is 49.2 Å². The third kappa shape index (κ3) is 3.72. The maximum Gasteiger partial charge on any atom is 0.278 e. The van der Waals surface area contributed by atoms with Gasteiger partial charge in [0.15, 0.2) is 5.69 Å². The molecule has 0 spiro atoms. The molecular weight excluding hydrogens is 336 g/mol. The minimum absolute atomic E-state index is 0.252. The number of benzene rings is 2. The average molecular weight is 355 g/mol. The molecule has 0 saturated heterocycles. The molecule has 25 heavy (non-hydrogen) atoms. The van der Waals surface area contributed by atoms with Crippen LogP contribution in [-0.2, 0) is 6.42 Å². The fourth-order valence-electron chi connectivity index (χ4n) is 2.62. The zero-order valence-corrected chi connectivity index (χ0v) is 14.9. The summed E-state index contributed by atoms with van der Waals surface area (Å²) in [6.07, 6.45) is 1.58. The second-order valence-corrected chi connectivity index (χ2v) is 6.23. The first kappa shape index (κ1) is 17.2. The Morgan fingerprint density at radius 1 is 1.16 bits per heavy atom. The first-order valence-electron chi connectivity index (χ1n) is 8.17. The molecule has 1 aromatic heterocycles. The number of carbonyl (C=O) groups is 1. The molecule has 3 aromatic rings. The molecule has 0 saturated carbocycles. The lowest BCUT2D eigenvalue weighted by atomic mass is 10.1. The van der Waals surface area contributed by atoms with Crippen LogP contribution in [0.4, 0.5) is 5.69 Å². The van der Waals surface area contributed by atoms with Crippen LogP contribution in [0, 0.1) is 6.92 Å². The molecule has 1 amide bonds. The van der Waals surface area contributed by atoms with Crippen molar-refractivity contribution in [3.8, 4) is 5.69 Å². The minimum Gasteiger partial charge on any atom is -0.320 e. The molecule has 0 aliphatic carbocycles. The van der Waals surface area contributed by atoms with Crippen LogP contribution in [0.5, 0.6) is 0 Å². The molecule has 0 fully saturated rings. The van der Waals surface area contributed by atoms with Crippen molar-refractivity contribution in [2.24, 2.45) is 0 Å². The summed E-state index contributed by atoms with van der Waals surface area (Å²) in [7, 11) is 0. The fraction of sp³-hybridized carbons (Fsp3) is 0.211. The Bertz CT molecular complexity index is 887. The topological polar surface area (TPSA) is 59.8 Å². The maximum atomic E-state index is 12.7. The number of nitrogens with zero attached hydrogens (tertiary/aromatic N) is 3. The molecule has 1 heterocycles. The molecule has 2 aromatic carbocycles. The van der Waals surface area contributed by atoms with E-state index in [4.69, 9.17) is 11.6 Å². The van der Waals surface area contributed by atoms with Crippen LogP contribution >= 0.6 is 11.6 Å². The molecule has 6 heteroatoms. The van der Waals surface area contributed by atoms with Crippen molar-refractivity contribution in [1.82, 2.24) is 15.0 Å². The van der Waals surface area contributed by atoms with E-state index in [1.54, 1.807) is 16.8 Å². The van der Waals surface area contributed by atoms with Crippen LogP contribution in [0.1, 0.15) is 35.1 Å². The Morgan fingerprint density at radius 3 is 2.56 bits per heavy atom. The highest BCUT2D eigenvalue weighted by atomic mass is 35.5. The highest BCUT2D eigenvalue weighted by Gasteiger charge is 2.20. The van der Waals surface area contributed by atoms with Gasteiger partial charge < -0.3 is 5.32 Å². The molecule has 3 rings (SSSR count). The van der Waals surface area contributed by atoms with Gasteiger partial charge in [0.1, 0.15) is 0 Å². The molecule has 0 aliphatic rings. The smallest absolute Gasteiger partial charge is 0.278 e. The van der Waals surface area contributed by atoms with Crippen molar-refractivity contribution in [3.05, 3.63) is 70.5 Å². The van der Waals surface area contributed by atoms with Crippen LogP contribution in [-0.4, -0.2) is 20.9 Å². The molecule has 5 nitrogen and oxygen atoms in total. The van der Waals surface area contributed by atoms with Gasteiger partial charge in [-0.15, -0.1) is 5.10 Å². The molecule has 0 aliphatic heterocycles. The number of hydrogen-bond acceptors (Lipinski definition) is 3. The summed E-state index contributed by atoms with van der Waals surface area (Å²) in [6, 6.07) is 15.0. The highest BCUT2D eigenvalue weighted by Crippen LogP contribution is 2.19. The molecule has 0 atom stereocenters. The summed E-state index contributed by atoms with van der Waals surface area (Å²) < 4.78 is 1.70. The van der Waals surface area contributed by atoms with Gasteiger partial charge in [-0.25, -0.2) is 4.68 Å². The predicted molar refractivity (Wildman–Crippen MR) is 99.5 cm³/mol. The monoisotopic (exact) mass is 354 g/mol. The van der Waals surface area contributed by atoms with E-state index in [1.807, 2.05) is 43.3 Å². The van der Waals surface area contributed by atoms with E-state index in [9.17, 15) is 4.79 Å². The Balaban J connectivity index is 1.95. The SMILES string of the molecule is CCCc1c(C(=O)Nc2ccccc2C)nnn1-c1ccc(Cl)cc1.